The molecule has 0 saturated carbocycles. The van der Waals surface area contributed by atoms with E-state index < -0.39 is 24.7 Å². The van der Waals surface area contributed by atoms with Gasteiger partial charge in [0, 0.05) is 0 Å². The second-order valence-electron chi connectivity index (χ2n) is 3.71. The molecule has 0 bridgehead atoms. The van der Waals surface area contributed by atoms with Crippen LogP contribution in [-0.4, -0.2) is 39.6 Å². The molecule has 0 aliphatic heterocycles. The summed E-state index contributed by atoms with van der Waals surface area (Å²) < 4.78 is 38.6. The summed E-state index contributed by atoms with van der Waals surface area (Å²) >= 11 is 0. The first kappa shape index (κ1) is 23.7. The standard InChI is InChI=1S/C12H31N2O6P3/c1-7-15-21(16-8-2)13-23(19-11-5,20-12-6)14-22(17-9-3)18-10-4/h13H,7-12H2,1-6H3/q+2. The van der Waals surface area contributed by atoms with Crippen molar-refractivity contribution >= 4 is 24.7 Å². The third kappa shape index (κ3) is 10.3. The molecule has 0 aromatic heterocycles. The van der Waals surface area contributed by atoms with Gasteiger partial charge in [0.15, 0.2) is 0 Å². The first-order valence-electron chi connectivity index (χ1n) is 7.92. The van der Waals surface area contributed by atoms with Gasteiger partial charge in [-0.05, 0) is 46.4 Å². The van der Waals surface area contributed by atoms with Crippen LogP contribution in [0, 0.1) is 0 Å². The van der Waals surface area contributed by atoms with E-state index in [2.05, 4.69) is 9.37 Å². The van der Waals surface area contributed by atoms with Gasteiger partial charge in [0.2, 0.25) is 4.52 Å². The number of rotatable bonds is 15. The van der Waals surface area contributed by atoms with E-state index in [9.17, 15) is 0 Å². The number of hydrogen-bond acceptors (Lipinski definition) is 8. The van der Waals surface area contributed by atoms with Gasteiger partial charge in [0.25, 0.3) is 8.53 Å². The van der Waals surface area contributed by atoms with Crippen molar-refractivity contribution in [2.45, 2.75) is 41.5 Å². The highest BCUT2D eigenvalue weighted by Crippen LogP contribution is 2.67. The summed E-state index contributed by atoms with van der Waals surface area (Å²) in [6.45, 7) is 14.3. The second kappa shape index (κ2) is 15.0. The zero-order valence-electron chi connectivity index (χ0n) is 15.0. The molecule has 11 heteroatoms. The van der Waals surface area contributed by atoms with E-state index in [0.29, 0.717) is 39.6 Å². The van der Waals surface area contributed by atoms with Crippen LogP contribution < -0.4 is 4.86 Å². The summed E-state index contributed by atoms with van der Waals surface area (Å²) in [6.07, 6.45) is 0. The Bertz CT molecular complexity index is 305. The van der Waals surface area contributed by atoms with Crippen LogP contribution >= 0.6 is 24.7 Å². The first-order valence-corrected chi connectivity index (χ1v) is 11.8. The van der Waals surface area contributed by atoms with Crippen LogP contribution in [0.15, 0.2) is 4.52 Å². The SMILES string of the molecule is CCOP(N[P+](N=[P+](OCC)OCC)(OCC)OCC)OCC. The van der Waals surface area contributed by atoms with E-state index in [4.69, 9.17) is 27.1 Å². The molecule has 8 nitrogen and oxygen atoms in total. The van der Waals surface area contributed by atoms with Crippen LogP contribution in [0.3, 0.4) is 0 Å². The molecule has 0 rings (SSSR count). The largest absolute Gasteiger partial charge is 0.605 e. The minimum Gasteiger partial charge on any atom is -0.320 e. The van der Waals surface area contributed by atoms with Crippen molar-refractivity contribution in [1.82, 2.24) is 4.86 Å². The highest BCUT2D eigenvalue weighted by molar-refractivity contribution is 7.74. The van der Waals surface area contributed by atoms with Gasteiger partial charge in [0.05, 0.1) is 26.4 Å². The third-order valence-electron chi connectivity index (χ3n) is 1.98. The van der Waals surface area contributed by atoms with E-state index >= 15 is 0 Å². The molecule has 1 N–H and O–H groups in total. The Hall–Kier alpha value is 0.680. The predicted molar refractivity (Wildman–Crippen MR) is 96.1 cm³/mol. The molecule has 0 aromatic carbocycles. The molecule has 0 aliphatic carbocycles. The van der Waals surface area contributed by atoms with Gasteiger partial charge in [-0.2, -0.15) is 9.05 Å². The minimum atomic E-state index is -2.79. The van der Waals surface area contributed by atoms with Gasteiger partial charge < -0.3 is 9.05 Å². The molecule has 0 heterocycles. The van der Waals surface area contributed by atoms with Crippen LogP contribution in [0.4, 0.5) is 0 Å². The van der Waals surface area contributed by atoms with E-state index in [0.717, 1.165) is 0 Å². The number of hydrogen-bond donors (Lipinski definition) is 1. The Balaban J connectivity index is 5.42. The summed E-state index contributed by atoms with van der Waals surface area (Å²) in [5.74, 6) is 0. The average Bonchev–Trinajstić information content (AvgIpc) is 2.49. The normalized spacial score (nSPS) is 12.0. The van der Waals surface area contributed by atoms with Crippen LogP contribution in [-0.2, 0) is 27.1 Å². The summed E-state index contributed by atoms with van der Waals surface area (Å²) in [4.78, 5) is 3.20. The molecule has 0 amide bonds. The van der Waals surface area contributed by atoms with Gasteiger partial charge in [0.1, 0.15) is 13.2 Å². The van der Waals surface area contributed by atoms with Crippen LogP contribution in [0.1, 0.15) is 41.5 Å². The molecule has 0 saturated heterocycles. The molecule has 0 fully saturated rings. The van der Waals surface area contributed by atoms with Gasteiger partial charge in [-0.3, -0.25) is 0 Å². The molecule has 0 aliphatic rings. The fraction of sp³-hybridized carbons (Fsp3) is 1.00. The quantitative estimate of drug-likeness (QED) is 0.384. The minimum absolute atomic E-state index is 0.438. The summed E-state index contributed by atoms with van der Waals surface area (Å²) in [7, 11) is -5.62. The Morgan fingerprint density at radius 3 is 1.61 bits per heavy atom. The maximum atomic E-state index is 5.84. The molecule has 0 unspecified atom stereocenters. The summed E-state index contributed by atoms with van der Waals surface area (Å²) in [5, 5.41) is 0. The van der Waals surface area contributed by atoms with Crippen molar-refractivity contribution < 1.29 is 27.1 Å². The Morgan fingerprint density at radius 2 is 1.26 bits per heavy atom. The van der Waals surface area contributed by atoms with E-state index in [-0.39, 0.29) is 0 Å². The Kier molecular flexibility index (Phi) is 15.4. The van der Waals surface area contributed by atoms with Crippen molar-refractivity contribution in [3.8, 4) is 0 Å². The zero-order chi connectivity index (χ0) is 17.6. The van der Waals surface area contributed by atoms with Gasteiger partial charge in [-0.25, -0.2) is 0 Å². The van der Waals surface area contributed by atoms with Crippen molar-refractivity contribution in [2.75, 3.05) is 39.6 Å². The summed E-state index contributed by atoms with van der Waals surface area (Å²) in [6, 6.07) is 0. The lowest BCUT2D eigenvalue weighted by Gasteiger charge is -2.19. The molecule has 0 radical (unpaired) electrons. The highest BCUT2D eigenvalue weighted by Gasteiger charge is 2.54. The Labute approximate surface area is 143 Å². The fourth-order valence-electron chi connectivity index (χ4n) is 1.36. The summed E-state index contributed by atoms with van der Waals surface area (Å²) in [5.41, 5.74) is 0. The highest BCUT2D eigenvalue weighted by atomic mass is 31.3. The topological polar surface area (TPSA) is 79.8 Å². The van der Waals surface area contributed by atoms with Gasteiger partial charge >= 0.3 is 16.2 Å². The van der Waals surface area contributed by atoms with Gasteiger partial charge in [-0.15, -0.1) is 9.05 Å². The molecular weight excluding hydrogens is 361 g/mol. The lowest BCUT2D eigenvalue weighted by atomic mass is 10.9. The van der Waals surface area contributed by atoms with E-state index in [1.165, 1.54) is 0 Å². The average molecular weight is 392 g/mol. The first-order chi connectivity index (χ1) is 11.1. The predicted octanol–water partition coefficient (Wildman–Crippen LogP) is 5.20. The monoisotopic (exact) mass is 392 g/mol. The van der Waals surface area contributed by atoms with Crippen molar-refractivity contribution in [3.63, 3.8) is 0 Å². The molecule has 0 aromatic rings. The van der Waals surface area contributed by atoms with Crippen LogP contribution in [0.25, 0.3) is 0 Å². The fourth-order valence-corrected chi connectivity index (χ4v) is 7.05. The lowest BCUT2D eigenvalue weighted by Crippen LogP contribution is -2.17. The molecule has 0 atom stereocenters. The van der Waals surface area contributed by atoms with Crippen molar-refractivity contribution in [2.24, 2.45) is 4.52 Å². The van der Waals surface area contributed by atoms with E-state index in [1.807, 2.05) is 41.5 Å². The molecule has 138 valence electrons. The van der Waals surface area contributed by atoms with Crippen molar-refractivity contribution in [1.29, 1.82) is 0 Å². The second-order valence-corrected chi connectivity index (χ2v) is 8.81. The smallest absolute Gasteiger partial charge is 0.320 e. The van der Waals surface area contributed by atoms with Crippen LogP contribution in [0.2, 0.25) is 0 Å². The molecule has 0 spiro atoms. The zero-order valence-corrected chi connectivity index (χ0v) is 17.7. The maximum absolute atomic E-state index is 5.84. The number of nitrogens with one attached hydrogen (secondary N) is 1. The Morgan fingerprint density at radius 1 is 0.783 bits per heavy atom. The third-order valence-corrected chi connectivity index (χ3v) is 8.33. The van der Waals surface area contributed by atoms with Crippen LogP contribution in [0.5, 0.6) is 0 Å². The lowest BCUT2D eigenvalue weighted by molar-refractivity contribution is 0.231. The number of nitrogens with zero attached hydrogens (tertiary/aromatic N) is 1. The van der Waals surface area contributed by atoms with Crippen molar-refractivity contribution in [3.05, 3.63) is 0 Å². The van der Waals surface area contributed by atoms with E-state index in [1.54, 1.807) is 0 Å². The molecular formula is C12H31N2O6P3+2. The maximum Gasteiger partial charge on any atom is 0.605 e. The molecule has 23 heavy (non-hydrogen) atoms. The van der Waals surface area contributed by atoms with Gasteiger partial charge in [-0.1, -0.05) is 0 Å².